The van der Waals surface area contributed by atoms with Crippen LogP contribution in [0.2, 0.25) is 0 Å². The molecule has 0 atom stereocenters. The molecule has 0 amide bonds. The summed E-state index contributed by atoms with van der Waals surface area (Å²) in [5.41, 5.74) is 1.17. The molecule has 0 aliphatic rings. The van der Waals surface area contributed by atoms with Crippen LogP contribution in [0, 0.1) is 0 Å². The molecule has 0 fully saturated rings. The first kappa shape index (κ1) is 8.68. The molecule has 4 heteroatoms. The topological polar surface area (TPSA) is 29.0 Å². The van der Waals surface area contributed by atoms with Gasteiger partial charge in [-0.1, -0.05) is 6.07 Å². The predicted molar refractivity (Wildman–Crippen MR) is 62.0 cm³/mol. The van der Waals surface area contributed by atoms with E-state index in [4.69, 9.17) is 0 Å². The second-order valence-corrected chi connectivity index (χ2v) is 4.23. The summed E-state index contributed by atoms with van der Waals surface area (Å²) in [4.78, 5) is 0. The Morgan fingerprint density at radius 1 is 1.15 bits per heavy atom. The van der Waals surface area contributed by atoms with Gasteiger partial charge in [0.05, 0.1) is 35.3 Å². The molecular weight excluding hydrogens is 277 g/mol. The second-order valence-electron chi connectivity index (χ2n) is 2.78. The number of anilines is 1. The molecule has 0 aliphatic carbocycles. The van der Waals surface area contributed by atoms with Gasteiger partial charge in [0.1, 0.15) is 0 Å². The monoisotopic (exact) mass is 285 g/mol. The number of hydrogen-bond donors (Lipinski definition) is 0. The molecule has 1 aromatic carbocycles. The molecule has 0 unspecified atom stereocenters. The lowest BCUT2D eigenvalue weighted by Crippen LogP contribution is -1.98. The van der Waals surface area contributed by atoms with E-state index in [2.05, 4.69) is 51.3 Å². The molecule has 0 radical (unpaired) electrons. The Morgan fingerprint density at radius 2 is 1.85 bits per heavy atom. The molecule has 0 bridgehead atoms. The van der Waals surface area contributed by atoms with E-state index < -0.39 is 0 Å². The Bertz CT molecular complexity index is 428. The first-order valence-electron chi connectivity index (χ1n) is 3.87. The molecule has 2 aromatic rings. The highest BCUT2D eigenvalue weighted by Gasteiger charge is 1.98. The lowest BCUT2D eigenvalue weighted by molar-refractivity contribution is 1.05. The molecule has 2 rings (SSSR count). The minimum absolute atomic E-state index is 1.12. The van der Waals surface area contributed by atoms with Crippen LogP contribution in [0.25, 0.3) is 10.8 Å². The molecule has 13 heavy (non-hydrogen) atoms. The van der Waals surface area contributed by atoms with Crippen LogP contribution in [-0.4, -0.2) is 17.2 Å². The Kier molecular flexibility index (Phi) is 2.30. The predicted octanol–water partition coefficient (Wildman–Crippen LogP) is 2.42. The molecule has 1 heterocycles. The van der Waals surface area contributed by atoms with E-state index in [1.54, 1.807) is 12.4 Å². The van der Waals surface area contributed by atoms with Crippen molar-refractivity contribution < 1.29 is 0 Å². The number of aromatic nitrogens is 2. The lowest BCUT2D eigenvalue weighted by atomic mass is 10.2. The maximum Gasteiger partial charge on any atom is 0.0588 e. The summed E-state index contributed by atoms with van der Waals surface area (Å²) in [5.74, 6) is 0. The van der Waals surface area contributed by atoms with Gasteiger partial charge < -0.3 is 3.11 Å². The SMILES string of the molecule is CN(I)c1ccc2cnncc2c1. The van der Waals surface area contributed by atoms with Crippen LogP contribution in [0.5, 0.6) is 0 Å². The van der Waals surface area contributed by atoms with Gasteiger partial charge in [-0.05, 0) is 12.1 Å². The van der Waals surface area contributed by atoms with Crippen molar-refractivity contribution in [2.75, 3.05) is 10.2 Å². The normalized spacial score (nSPS) is 10.3. The summed E-state index contributed by atoms with van der Waals surface area (Å²) < 4.78 is 2.04. The highest BCUT2D eigenvalue weighted by molar-refractivity contribution is 14.1. The molecule has 0 N–H and O–H groups in total. The van der Waals surface area contributed by atoms with Gasteiger partial charge in [0.15, 0.2) is 0 Å². The van der Waals surface area contributed by atoms with Crippen molar-refractivity contribution in [1.82, 2.24) is 10.2 Å². The third-order valence-corrected chi connectivity index (χ3v) is 2.44. The van der Waals surface area contributed by atoms with Crippen molar-refractivity contribution in [3.8, 4) is 0 Å². The zero-order valence-corrected chi connectivity index (χ0v) is 9.26. The van der Waals surface area contributed by atoms with Crippen LogP contribution in [0.15, 0.2) is 30.6 Å². The van der Waals surface area contributed by atoms with E-state index in [0.29, 0.717) is 0 Å². The summed E-state index contributed by atoms with van der Waals surface area (Å²) in [6.45, 7) is 0. The largest absolute Gasteiger partial charge is 0.318 e. The number of hydrogen-bond acceptors (Lipinski definition) is 3. The Balaban J connectivity index is 2.62. The number of benzene rings is 1. The van der Waals surface area contributed by atoms with Crippen LogP contribution >= 0.6 is 22.9 Å². The highest BCUT2D eigenvalue weighted by Crippen LogP contribution is 2.21. The molecule has 0 spiro atoms. The zero-order chi connectivity index (χ0) is 9.26. The fourth-order valence-electron chi connectivity index (χ4n) is 1.17. The van der Waals surface area contributed by atoms with E-state index in [1.165, 1.54) is 5.69 Å². The van der Waals surface area contributed by atoms with Gasteiger partial charge in [-0.3, -0.25) is 0 Å². The maximum atomic E-state index is 3.84. The molecular formula is C9H8IN3. The Hall–Kier alpha value is -0.910. The number of rotatable bonds is 1. The zero-order valence-electron chi connectivity index (χ0n) is 7.11. The van der Waals surface area contributed by atoms with Crippen molar-refractivity contribution in [2.45, 2.75) is 0 Å². The summed E-state index contributed by atoms with van der Waals surface area (Å²) in [5, 5.41) is 9.91. The van der Waals surface area contributed by atoms with Gasteiger partial charge in [0.2, 0.25) is 0 Å². The number of nitrogens with zero attached hydrogens (tertiary/aromatic N) is 3. The van der Waals surface area contributed by atoms with Crippen LogP contribution < -0.4 is 3.11 Å². The van der Waals surface area contributed by atoms with E-state index in [-0.39, 0.29) is 0 Å². The van der Waals surface area contributed by atoms with Crippen molar-refractivity contribution in [3.63, 3.8) is 0 Å². The van der Waals surface area contributed by atoms with Gasteiger partial charge >= 0.3 is 0 Å². The van der Waals surface area contributed by atoms with Crippen LogP contribution in [0.1, 0.15) is 0 Å². The average Bonchev–Trinajstić information content (AvgIpc) is 2.17. The van der Waals surface area contributed by atoms with Crippen molar-refractivity contribution in [2.24, 2.45) is 0 Å². The van der Waals surface area contributed by atoms with E-state index in [0.717, 1.165) is 10.8 Å². The highest BCUT2D eigenvalue weighted by atomic mass is 127. The lowest BCUT2D eigenvalue weighted by Gasteiger charge is -2.09. The van der Waals surface area contributed by atoms with E-state index in [9.17, 15) is 0 Å². The third kappa shape index (κ3) is 1.72. The van der Waals surface area contributed by atoms with Crippen molar-refractivity contribution in [3.05, 3.63) is 30.6 Å². The minimum Gasteiger partial charge on any atom is -0.318 e. The molecule has 0 aliphatic heterocycles. The number of fused-ring (bicyclic) bond motifs is 1. The fraction of sp³-hybridized carbons (Fsp3) is 0.111. The van der Waals surface area contributed by atoms with Crippen LogP contribution in [0.3, 0.4) is 0 Å². The molecule has 66 valence electrons. The maximum absolute atomic E-state index is 3.84. The summed E-state index contributed by atoms with van der Waals surface area (Å²) >= 11 is 2.24. The van der Waals surface area contributed by atoms with Crippen molar-refractivity contribution >= 4 is 39.3 Å². The van der Waals surface area contributed by atoms with Crippen LogP contribution in [0.4, 0.5) is 5.69 Å². The first-order chi connectivity index (χ1) is 6.27. The quantitative estimate of drug-likeness (QED) is 0.595. The third-order valence-electron chi connectivity index (χ3n) is 1.89. The minimum atomic E-state index is 1.12. The molecule has 0 saturated carbocycles. The van der Waals surface area contributed by atoms with Gasteiger partial charge in [0.25, 0.3) is 0 Å². The Morgan fingerprint density at radius 3 is 2.54 bits per heavy atom. The summed E-state index contributed by atoms with van der Waals surface area (Å²) in [6.07, 6.45) is 3.55. The average molecular weight is 285 g/mol. The van der Waals surface area contributed by atoms with E-state index >= 15 is 0 Å². The number of halogens is 1. The molecule has 0 saturated heterocycles. The summed E-state index contributed by atoms with van der Waals surface area (Å²) in [7, 11) is 2.01. The second kappa shape index (κ2) is 3.45. The van der Waals surface area contributed by atoms with Gasteiger partial charge in [-0.2, -0.15) is 10.2 Å². The first-order valence-corrected chi connectivity index (χ1v) is 4.84. The smallest absolute Gasteiger partial charge is 0.0588 e. The molecule has 3 nitrogen and oxygen atoms in total. The van der Waals surface area contributed by atoms with E-state index in [1.807, 2.05) is 10.2 Å². The molecule has 1 aromatic heterocycles. The van der Waals surface area contributed by atoms with Gasteiger partial charge in [-0.15, -0.1) is 0 Å². The van der Waals surface area contributed by atoms with Crippen LogP contribution in [-0.2, 0) is 0 Å². The van der Waals surface area contributed by atoms with Gasteiger partial charge in [0, 0.05) is 23.5 Å². The van der Waals surface area contributed by atoms with Gasteiger partial charge in [-0.25, -0.2) is 0 Å². The summed E-state index contributed by atoms with van der Waals surface area (Å²) in [6, 6.07) is 6.21. The fourth-order valence-corrected chi connectivity index (χ4v) is 1.47. The Labute approximate surface area is 90.3 Å². The van der Waals surface area contributed by atoms with Crippen molar-refractivity contribution in [1.29, 1.82) is 0 Å². The standard InChI is InChI=1S/C9H8IN3/c1-13(10)9-3-2-7-5-11-12-6-8(7)4-9/h2-6H,1H3.